The number of esters is 1. The molecule has 0 saturated carbocycles. The second kappa shape index (κ2) is 7.94. The minimum atomic E-state index is -0.640. The van der Waals surface area contributed by atoms with Crippen molar-refractivity contribution in [3.63, 3.8) is 0 Å². The van der Waals surface area contributed by atoms with E-state index in [1.165, 1.54) is 13.2 Å². The van der Waals surface area contributed by atoms with E-state index in [9.17, 15) is 9.59 Å². The Morgan fingerprint density at radius 2 is 1.61 bits per heavy atom. The smallest absolute Gasteiger partial charge is 0.317 e. The van der Waals surface area contributed by atoms with Gasteiger partial charge in [-0.2, -0.15) is 0 Å². The summed E-state index contributed by atoms with van der Waals surface area (Å²) in [6, 6.07) is 16.0. The molecule has 4 nitrogen and oxygen atoms in total. The van der Waals surface area contributed by atoms with Crippen LogP contribution in [-0.4, -0.2) is 26.0 Å². The van der Waals surface area contributed by atoms with Gasteiger partial charge in [0, 0.05) is 5.56 Å². The monoisotopic (exact) mass is 310 g/mol. The number of ether oxygens (including phenoxy) is 2. The van der Waals surface area contributed by atoms with E-state index in [0.29, 0.717) is 11.3 Å². The average Bonchev–Trinajstić information content (AvgIpc) is 2.62. The first-order valence-electron chi connectivity index (χ1n) is 7.15. The summed E-state index contributed by atoms with van der Waals surface area (Å²) in [5.41, 5.74) is 1.30. The fraction of sp³-hybridized carbons (Fsp3) is 0.158. The lowest BCUT2D eigenvalue weighted by atomic mass is 9.97. The van der Waals surface area contributed by atoms with Crippen LogP contribution in [0.5, 0.6) is 5.75 Å². The van der Waals surface area contributed by atoms with Gasteiger partial charge in [-0.1, -0.05) is 48.5 Å². The lowest BCUT2D eigenvalue weighted by Gasteiger charge is -2.11. The van der Waals surface area contributed by atoms with Crippen molar-refractivity contribution in [1.29, 1.82) is 0 Å². The van der Waals surface area contributed by atoms with Crippen LogP contribution in [0.15, 0.2) is 66.7 Å². The predicted molar refractivity (Wildman–Crippen MR) is 87.7 cm³/mol. The second-order valence-corrected chi connectivity index (χ2v) is 4.86. The summed E-state index contributed by atoms with van der Waals surface area (Å²) in [6.07, 6.45) is 2.96. The highest BCUT2D eigenvalue weighted by Crippen LogP contribution is 2.22. The quantitative estimate of drug-likeness (QED) is 0.466. The normalized spacial score (nSPS) is 11.9. The van der Waals surface area contributed by atoms with Crippen molar-refractivity contribution in [3.05, 3.63) is 77.9 Å². The molecule has 0 heterocycles. The Balaban J connectivity index is 2.23. The van der Waals surface area contributed by atoms with Crippen molar-refractivity contribution < 1.29 is 19.1 Å². The minimum absolute atomic E-state index is 0.159. The first-order valence-corrected chi connectivity index (χ1v) is 7.15. The Morgan fingerprint density at radius 3 is 2.17 bits per heavy atom. The number of hydrogen-bond donors (Lipinski definition) is 0. The number of methoxy groups -OCH3 is 2. The molecule has 0 spiro atoms. The van der Waals surface area contributed by atoms with Gasteiger partial charge in [0.15, 0.2) is 5.78 Å². The second-order valence-electron chi connectivity index (χ2n) is 4.86. The summed E-state index contributed by atoms with van der Waals surface area (Å²) in [4.78, 5) is 24.1. The number of carbonyl (C=O) groups is 2. The Kier molecular flexibility index (Phi) is 5.69. The van der Waals surface area contributed by atoms with Gasteiger partial charge < -0.3 is 9.47 Å². The fourth-order valence-corrected chi connectivity index (χ4v) is 2.15. The van der Waals surface area contributed by atoms with Crippen molar-refractivity contribution in [2.24, 2.45) is 0 Å². The van der Waals surface area contributed by atoms with Gasteiger partial charge >= 0.3 is 5.97 Å². The molecule has 1 unspecified atom stereocenters. The molecule has 0 aromatic heterocycles. The predicted octanol–water partition coefficient (Wildman–Crippen LogP) is 3.39. The summed E-state index contributed by atoms with van der Waals surface area (Å²) in [5.74, 6) is -0.527. The van der Waals surface area contributed by atoms with E-state index >= 15 is 0 Å². The maximum Gasteiger partial charge on any atom is 0.317 e. The number of allylic oxidation sites excluding steroid dienone is 1. The lowest BCUT2D eigenvalue weighted by Crippen LogP contribution is -2.12. The molecule has 2 aromatic rings. The van der Waals surface area contributed by atoms with Gasteiger partial charge in [-0.25, -0.2) is 0 Å². The molecule has 0 aliphatic heterocycles. The average molecular weight is 310 g/mol. The van der Waals surface area contributed by atoms with E-state index in [2.05, 4.69) is 0 Å². The van der Waals surface area contributed by atoms with Crippen LogP contribution in [-0.2, 0) is 9.53 Å². The maximum absolute atomic E-state index is 12.1. The van der Waals surface area contributed by atoms with E-state index < -0.39 is 11.9 Å². The van der Waals surface area contributed by atoms with Crippen LogP contribution in [0.2, 0.25) is 0 Å². The van der Waals surface area contributed by atoms with Crippen molar-refractivity contribution in [3.8, 4) is 5.75 Å². The molecule has 0 N–H and O–H groups in total. The fourth-order valence-electron chi connectivity index (χ4n) is 2.15. The van der Waals surface area contributed by atoms with Gasteiger partial charge in [-0.3, -0.25) is 9.59 Å². The van der Waals surface area contributed by atoms with E-state index in [0.717, 1.165) is 5.56 Å². The number of ketones is 1. The Bertz CT molecular complexity index is 687. The third-order valence-corrected chi connectivity index (χ3v) is 3.43. The summed E-state index contributed by atoms with van der Waals surface area (Å²) in [6.45, 7) is 0. The number of rotatable bonds is 6. The van der Waals surface area contributed by atoms with Crippen LogP contribution in [0.25, 0.3) is 0 Å². The molecular formula is C19H18O4. The highest BCUT2D eigenvalue weighted by atomic mass is 16.5. The summed E-state index contributed by atoms with van der Waals surface area (Å²) in [5, 5.41) is 0. The van der Waals surface area contributed by atoms with Crippen LogP contribution < -0.4 is 4.74 Å². The molecule has 0 fully saturated rings. The number of hydrogen-bond acceptors (Lipinski definition) is 4. The minimum Gasteiger partial charge on any atom is -0.497 e. The number of benzene rings is 2. The largest absolute Gasteiger partial charge is 0.497 e. The molecule has 4 heteroatoms. The highest BCUT2D eigenvalue weighted by molar-refractivity contribution is 6.04. The molecule has 118 valence electrons. The zero-order chi connectivity index (χ0) is 16.7. The van der Waals surface area contributed by atoms with Gasteiger partial charge in [0.2, 0.25) is 0 Å². The van der Waals surface area contributed by atoms with E-state index in [4.69, 9.17) is 9.47 Å². The molecule has 1 atom stereocenters. The number of carbonyl (C=O) groups excluding carboxylic acids is 2. The van der Waals surface area contributed by atoms with E-state index in [1.807, 2.05) is 6.07 Å². The third kappa shape index (κ3) is 4.30. The van der Waals surface area contributed by atoms with Gasteiger partial charge in [0.05, 0.1) is 14.2 Å². The Morgan fingerprint density at radius 1 is 0.957 bits per heavy atom. The molecule has 0 radical (unpaired) electrons. The van der Waals surface area contributed by atoms with Gasteiger partial charge in [-0.05, 0) is 23.8 Å². The van der Waals surface area contributed by atoms with Crippen LogP contribution >= 0.6 is 0 Å². The Hall–Kier alpha value is -2.88. The van der Waals surface area contributed by atoms with Crippen LogP contribution in [0.3, 0.4) is 0 Å². The van der Waals surface area contributed by atoms with Crippen molar-refractivity contribution in [2.75, 3.05) is 14.2 Å². The molecule has 0 aliphatic rings. The first-order chi connectivity index (χ1) is 11.2. The van der Waals surface area contributed by atoms with Crippen molar-refractivity contribution in [2.45, 2.75) is 5.92 Å². The van der Waals surface area contributed by atoms with Crippen LogP contribution in [0.1, 0.15) is 21.8 Å². The zero-order valence-corrected chi connectivity index (χ0v) is 13.1. The van der Waals surface area contributed by atoms with Gasteiger partial charge in [0.1, 0.15) is 11.7 Å². The molecule has 0 saturated heterocycles. The molecule has 2 rings (SSSR count). The summed E-state index contributed by atoms with van der Waals surface area (Å²) < 4.78 is 9.93. The molecule has 2 aromatic carbocycles. The zero-order valence-electron chi connectivity index (χ0n) is 13.1. The SMILES string of the molecule is COC(=O)C(/C=C/C(=O)c1ccccc1)c1ccc(OC)cc1. The maximum atomic E-state index is 12.1. The van der Waals surface area contributed by atoms with Crippen LogP contribution in [0, 0.1) is 0 Å². The molecular weight excluding hydrogens is 292 g/mol. The van der Waals surface area contributed by atoms with Crippen molar-refractivity contribution >= 4 is 11.8 Å². The molecule has 23 heavy (non-hydrogen) atoms. The lowest BCUT2D eigenvalue weighted by molar-refractivity contribution is -0.141. The van der Waals surface area contributed by atoms with E-state index in [-0.39, 0.29) is 5.78 Å². The molecule has 0 aliphatic carbocycles. The highest BCUT2D eigenvalue weighted by Gasteiger charge is 2.19. The standard InChI is InChI=1S/C19H18O4/c1-22-16-10-8-14(9-11-16)17(19(21)23-2)12-13-18(20)15-6-4-3-5-7-15/h3-13,17H,1-2H3/b13-12+. The third-order valence-electron chi connectivity index (χ3n) is 3.43. The van der Waals surface area contributed by atoms with Crippen LogP contribution in [0.4, 0.5) is 0 Å². The van der Waals surface area contributed by atoms with E-state index in [1.54, 1.807) is 61.7 Å². The molecule has 0 bridgehead atoms. The van der Waals surface area contributed by atoms with Crippen molar-refractivity contribution in [1.82, 2.24) is 0 Å². The molecule has 0 amide bonds. The summed E-state index contributed by atoms with van der Waals surface area (Å²) >= 11 is 0. The van der Waals surface area contributed by atoms with Gasteiger partial charge in [-0.15, -0.1) is 0 Å². The Labute approximate surface area is 135 Å². The first kappa shape index (κ1) is 16.5. The summed E-state index contributed by atoms with van der Waals surface area (Å²) in [7, 11) is 2.90. The topological polar surface area (TPSA) is 52.6 Å². The van der Waals surface area contributed by atoms with Gasteiger partial charge in [0.25, 0.3) is 0 Å².